The van der Waals surface area contributed by atoms with E-state index in [1.807, 2.05) is 50.2 Å². The lowest BCUT2D eigenvalue weighted by molar-refractivity contribution is 0.102. The zero-order valence-corrected chi connectivity index (χ0v) is 17.7. The van der Waals surface area contributed by atoms with Crippen LogP contribution in [0, 0.1) is 13.8 Å². The number of aromatic nitrogens is 3. The van der Waals surface area contributed by atoms with Crippen molar-refractivity contribution in [1.82, 2.24) is 15.1 Å². The van der Waals surface area contributed by atoms with Gasteiger partial charge in [0.2, 0.25) is 0 Å². The lowest BCUT2D eigenvalue weighted by atomic mass is 10.1. The van der Waals surface area contributed by atoms with Crippen molar-refractivity contribution in [2.45, 2.75) is 18.7 Å². The second kappa shape index (κ2) is 8.88. The molecule has 0 aliphatic carbocycles. The van der Waals surface area contributed by atoms with Crippen molar-refractivity contribution in [2.24, 2.45) is 0 Å². The molecule has 1 amide bonds. The highest BCUT2D eigenvalue weighted by atomic mass is 32.2. The van der Waals surface area contributed by atoms with Crippen LogP contribution in [-0.4, -0.2) is 21.0 Å². The molecule has 0 radical (unpaired) electrons. The first-order valence-electron chi connectivity index (χ1n) is 9.45. The minimum atomic E-state index is -0.421. The molecule has 4 aromatic rings. The largest absolute Gasteiger partial charge is 0.382 e. The third kappa shape index (κ3) is 5.01. The van der Waals surface area contributed by atoms with E-state index < -0.39 is 5.91 Å². The van der Waals surface area contributed by atoms with Crippen LogP contribution in [0.4, 0.5) is 17.3 Å². The maximum Gasteiger partial charge on any atom is 0.278 e. The number of nitrogens with one attached hydrogen (secondary N) is 2. The molecular formula is C22H20N6O2S. The Labute approximate surface area is 183 Å². The van der Waals surface area contributed by atoms with Crippen LogP contribution in [0.1, 0.15) is 21.8 Å². The van der Waals surface area contributed by atoms with E-state index in [0.29, 0.717) is 17.2 Å². The van der Waals surface area contributed by atoms with Gasteiger partial charge in [0.25, 0.3) is 5.91 Å². The van der Waals surface area contributed by atoms with E-state index in [2.05, 4.69) is 25.2 Å². The van der Waals surface area contributed by atoms with Crippen molar-refractivity contribution in [3.05, 3.63) is 77.8 Å². The molecule has 9 heteroatoms. The molecule has 8 nitrogen and oxygen atoms in total. The first-order chi connectivity index (χ1) is 15.0. The number of carbonyl (C=O) groups excluding carboxylic acids is 1. The molecule has 0 saturated heterocycles. The number of benzene rings is 2. The van der Waals surface area contributed by atoms with Gasteiger partial charge < -0.3 is 20.3 Å². The topological polar surface area (TPSA) is 119 Å². The fourth-order valence-electron chi connectivity index (χ4n) is 2.75. The predicted octanol–water partition coefficient (Wildman–Crippen LogP) is 4.70. The van der Waals surface area contributed by atoms with Crippen LogP contribution in [0.15, 0.2) is 70.2 Å². The number of hydrogen-bond donors (Lipinski definition) is 3. The molecule has 156 valence electrons. The molecule has 2 heterocycles. The van der Waals surface area contributed by atoms with Crippen LogP contribution in [0.3, 0.4) is 0 Å². The number of amides is 1. The second-order valence-corrected chi connectivity index (χ2v) is 7.74. The van der Waals surface area contributed by atoms with Gasteiger partial charge in [-0.25, -0.2) is 9.97 Å². The lowest BCUT2D eigenvalue weighted by Gasteiger charge is -2.09. The average molecular weight is 433 g/mol. The summed E-state index contributed by atoms with van der Waals surface area (Å²) in [5, 5.41) is 6.69. The molecule has 0 bridgehead atoms. The molecule has 0 fully saturated rings. The first kappa shape index (κ1) is 20.4. The van der Waals surface area contributed by atoms with Crippen molar-refractivity contribution in [3.63, 3.8) is 0 Å². The van der Waals surface area contributed by atoms with Gasteiger partial charge in [0.1, 0.15) is 5.76 Å². The average Bonchev–Trinajstić information content (AvgIpc) is 3.19. The van der Waals surface area contributed by atoms with E-state index in [1.165, 1.54) is 11.9 Å². The highest BCUT2D eigenvalue weighted by Crippen LogP contribution is 2.23. The third-order valence-corrected chi connectivity index (χ3v) is 5.20. The first-order valence-corrected chi connectivity index (χ1v) is 10.3. The summed E-state index contributed by atoms with van der Waals surface area (Å²) in [6.07, 6.45) is 1.56. The van der Waals surface area contributed by atoms with Gasteiger partial charge in [0, 0.05) is 22.2 Å². The molecule has 31 heavy (non-hydrogen) atoms. The highest BCUT2D eigenvalue weighted by Gasteiger charge is 2.15. The van der Waals surface area contributed by atoms with E-state index in [0.717, 1.165) is 21.8 Å². The smallest absolute Gasteiger partial charge is 0.278 e. The van der Waals surface area contributed by atoms with Crippen molar-refractivity contribution in [2.75, 3.05) is 15.8 Å². The minimum absolute atomic E-state index is 0.0765. The summed E-state index contributed by atoms with van der Waals surface area (Å²) in [4.78, 5) is 22.2. The Kier molecular flexibility index (Phi) is 5.85. The number of aryl methyl sites for hydroxylation is 2. The molecule has 0 aliphatic heterocycles. The van der Waals surface area contributed by atoms with Gasteiger partial charge in [-0.3, -0.25) is 4.79 Å². The molecular weight excluding hydrogens is 412 g/mol. The molecule has 4 rings (SSSR count). The Morgan fingerprint density at radius 3 is 2.48 bits per heavy atom. The number of nitrogens with two attached hydrogens (primary N) is 1. The maximum atomic E-state index is 12.7. The fourth-order valence-corrected chi connectivity index (χ4v) is 3.34. The Balaban J connectivity index is 1.44. The van der Waals surface area contributed by atoms with Crippen LogP contribution in [0.5, 0.6) is 0 Å². The molecule has 0 saturated carbocycles. The quantitative estimate of drug-likeness (QED) is 0.375. The lowest BCUT2D eigenvalue weighted by Crippen LogP contribution is -2.17. The summed E-state index contributed by atoms with van der Waals surface area (Å²) in [7, 11) is 0. The van der Waals surface area contributed by atoms with Crippen molar-refractivity contribution in [3.8, 4) is 11.3 Å². The van der Waals surface area contributed by atoms with Gasteiger partial charge in [-0.1, -0.05) is 35.0 Å². The van der Waals surface area contributed by atoms with E-state index in [-0.39, 0.29) is 11.5 Å². The summed E-state index contributed by atoms with van der Waals surface area (Å²) in [6, 6.07) is 17.0. The second-order valence-electron chi connectivity index (χ2n) is 6.86. The zero-order chi connectivity index (χ0) is 21.8. The Morgan fingerprint density at radius 2 is 1.81 bits per heavy atom. The van der Waals surface area contributed by atoms with E-state index >= 15 is 0 Å². The molecule has 0 atom stereocenters. The number of anilines is 3. The summed E-state index contributed by atoms with van der Waals surface area (Å²) >= 11 is 1.39. The van der Waals surface area contributed by atoms with E-state index in [1.54, 1.807) is 24.4 Å². The Morgan fingerprint density at radius 1 is 1.06 bits per heavy atom. The van der Waals surface area contributed by atoms with Gasteiger partial charge in [-0.15, -0.1) is 0 Å². The Hall–Kier alpha value is -3.85. The zero-order valence-electron chi connectivity index (χ0n) is 16.9. The molecule has 0 aliphatic rings. The van der Waals surface area contributed by atoms with Gasteiger partial charge in [-0.05, 0) is 50.1 Å². The Bertz CT molecular complexity index is 1210. The van der Waals surface area contributed by atoms with Crippen molar-refractivity contribution < 1.29 is 9.32 Å². The molecule has 2 aromatic heterocycles. The number of rotatable bonds is 6. The van der Waals surface area contributed by atoms with E-state index in [4.69, 9.17) is 10.3 Å². The normalized spacial score (nSPS) is 10.6. The van der Waals surface area contributed by atoms with Gasteiger partial charge in [-0.2, -0.15) is 0 Å². The number of hydrogen-bond acceptors (Lipinski definition) is 8. The SMILES string of the molecule is Cc1ccc(-c2cnc(N)c(C(=O)Nc3ccc(SNc4cc(C)on4)cc3)n2)cc1. The molecule has 0 unspecified atom stereocenters. The molecule has 0 spiro atoms. The van der Waals surface area contributed by atoms with Gasteiger partial charge in [0.15, 0.2) is 17.3 Å². The maximum absolute atomic E-state index is 12.7. The van der Waals surface area contributed by atoms with E-state index in [9.17, 15) is 4.79 Å². The van der Waals surface area contributed by atoms with Crippen molar-refractivity contribution >= 4 is 35.2 Å². The number of carbonyl (C=O) groups is 1. The number of nitrogen functional groups attached to an aromatic ring is 1. The summed E-state index contributed by atoms with van der Waals surface area (Å²) in [5.41, 5.74) is 9.19. The van der Waals surface area contributed by atoms with Crippen LogP contribution in [-0.2, 0) is 0 Å². The van der Waals surface area contributed by atoms with Crippen molar-refractivity contribution in [1.29, 1.82) is 0 Å². The monoisotopic (exact) mass is 432 g/mol. The minimum Gasteiger partial charge on any atom is -0.382 e. The summed E-state index contributed by atoms with van der Waals surface area (Å²) in [6.45, 7) is 3.83. The summed E-state index contributed by atoms with van der Waals surface area (Å²) < 4.78 is 8.10. The number of nitrogens with zero attached hydrogens (tertiary/aromatic N) is 3. The molecule has 2 aromatic carbocycles. The van der Waals surface area contributed by atoms with Gasteiger partial charge in [0.05, 0.1) is 11.9 Å². The van der Waals surface area contributed by atoms with Crippen LogP contribution in [0.25, 0.3) is 11.3 Å². The third-order valence-electron chi connectivity index (χ3n) is 4.38. The van der Waals surface area contributed by atoms with Crippen LogP contribution < -0.4 is 15.8 Å². The van der Waals surface area contributed by atoms with Crippen LogP contribution in [0.2, 0.25) is 0 Å². The summed E-state index contributed by atoms with van der Waals surface area (Å²) in [5.74, 6) is 1.03. The fraction of sp³-hybridized carbons (Fsp3) is 0.0909. The molecule has 4 N–H and O–H groups in total. The predicted molar refractivity (Wildman–Crippen MR) is 122 cm³/mol. The standard InChI is InChI=1S/C22H20N6O2S/c1-13-3-5-15(6-4-13)18-12-24-21(23)20(26-18)22(29)25-16-7-9-17(10-8-16)31-28-19-11-14(2)30-27-19/h3-12H,1-2H3,(H2,23,24)(H,25,29)(H,27,28). The van der Waals surface area contributed by atoms with Crippen LogP contribution >= 0.6 is 11.9 Å². The van der Waals surface area contributed by atoms with Gasteiger partial charge >= 0.3 is 0 Å². The highest BCUT2D eigenvalue weighted by molar-refractivity contribution is 8.00.